The molecule has 0 bridgehead atoms. The number of rotatable bonds is 6. The molecule has 0 amide bonds. The highest BCUT2D eigenvalue weighted by Gasteiger charge is 2.39. The van der Waals surface area contributed by atoms with Crippen LogP contribution in [0, 0.1) is 11.8 Å². The van der Waals surface area contributed by atoms with Gasteiger partial charge in [0.05, 0.1) is 6.10 Å². The second-order valence-electron chi connectivity index (χ2n) is 4.44. The number of carbonyl (C=O) groups is 2. The van der Waals surface area contributed by atoms with E-state index in [1.807, 2.05) is 0 Å². The van der Waals surface area contributed by atoms with Crippen molar-refractivity contribution in [1.82, 2.24) is 0 Å². The fraction of sp³-hybridized carbons (Fsp3) is 0.692. The first-order chi connectivity index (χ1) is 7.70. The van der Waals surface area contributed by atoms with Crippen molar-refractivity contribution in [3.63, 3.8) is 0 Å². The second-order valence-corrected chi connectivity index (χ2v) is 4.44. The van der Waals surface area contributed by atoms with E-state index < -0.39 is 6.10 Å². The average Bonchev–Trinajstić information content (AvgIpc) is 2.52. The summed E-state index contributed by atoms with van der Waals surface area (Å²) in [6, 6.07) is 0. The summed E-state index contributed by atoms with van der Waals surface area (Å²) in [4.78, 5) is 21.9. The molecule has 0 heterocycles. The lowest BCUT2D eigenvalue weighted by Crippen LogP contribution is -2.18. The minimum Gasteiger partial charge on any atom is -0.392 e. The molecule has 1 fully saturated rings. The van der Waals surface area contributed by atoms with Gasteiger partial charge < -0.3 is 5.11 Å². The number of allylic oxidation sites excluding steroid dienone is 1. The van der Waals surface area contributed by atoms with Crippen LogP contribution >= 0.6 is 0 Å². The van der Waals surface area contributed by atoms with E-state index in [0.717, 1.165) is 25.7 Å². The summed E-state index contributed by atoms with van der Waals surface area (Å²) in [6.45, 7) is 2.12. The van der Waals surface area contributed by atoms with Gasteiger partial charge in [0, 0.05) is 18.3 Å². The Hall–Kier alpha value is -0.960. The Kier molecular flexibility index (Phi) is 5.39. The molecule has 1 rings (SSSR count). The highest BCUT2D eigenvalue weighted by Crippen LogP contribution is 2.33. The molecule has 0 aliphatic heterocycles. The maximum absolute atomic E-state index is 11.7. The molecule has 0 aromatic rings. The third-order valence-electron chi connectivity index (χ3n) is 3.26. The van der Waals surface area contributed by atoms with Crippen molar-refractivity contribution in [2.45, 2.75) is 45.1 Å². The molecule has 0 aromatic heterocycles. The minimum absolute atomic E-state index is 0.0854. The third-order valence-corrected chi connectivity index (χ3v) is 3.26. The summed E-state index contributed by atoms with van der Waals surface area (Å²) >= 11 is 0. The van der Waals surface area contributed by atoms with Gasteiger partial charge >= 0.3 is 0 Å². The topological polar surface area (TPSA) is 54.4 Å². The number of hydrogen-bond donors (Lipinski definition) is 1. The average molecular weight is 224 g/mol. The van der Waals surface area contributed by atoms with Crippen LogP contribution in [0.1, 0.15) is 39.0 Å². The molecule has 0 radical (unpaired) electrons. The number of hydrogen-bond acceptors (Lipinski definition) is 3. The zero-order chi connectivity index (χ0) is 12.0. The zero-order valence-electron chi connectivity index (χ0n) is 9.76. The first-order valence-corrected chi connectivity index (χ1v) is 6.03. The number of aldehydes is 1. The Bertz CT molecular complexity index is 270. The standard InChI is InChI=1S/C13H20O3/c1-2-3-4-6-10-11(7-5-8-14)13(16)9-12(10)15/h5,7-8,10-11,13,16H,2-4,6,9H2,1H3/b7-5+. The molecule has 1 N–H and O–H groups in total. The van der Waals surface area contributed by atoms with Gasteiger partial charge in [-0.2, -0.15) is 0 Å². The van der Waals surface area contributed by atoms with Crippen LogP contribution < -0.4 is 0 Å². The van der Waals surface area contributed by atoms with Crippen LogP contribution in [0.15, 0.2) is 12.2 Å². The van der Waals surface area contributed by atoms with E-state index >= 15 is 0 Å². The SMILES string of the molecule is CCCCCC1C(=O)CC(O)C1/C=C/C=O. The Morgan fingerprint density at radius 2 is 2.19 bits per heavy atom. The van der Waals surface area contributed by atoms with Gasteiger partial charge in [-0.15, -0.1) is 0 Å². The van der Waals surface area contributed by atoms with E-state index in [2.05, 4.69) is 6.92 Å². The molecule has 0 spiro atoms. The molecule has 3 heteroatoms. The summed E-state index contributed by atoms with van der Waals surface area (Å²) in [6.07, 6.45) is 7.49. The highest BCUT2D eigenvalue weighted by atomic mass is 16.3. The van der Waals surface area contributed by atoms with Crippen LogP contribution in [0.3, 0.4) is 0 Å². The van der Waals surface area contributed by atoms with Gasteiger partial charge in [0.15, 0.2) is 0 Å². The van der Waals surface area contributed by atoms with Gasteiger partial charge in [0.2, 0.25) is 0 Å². The molecule has 1 saturated carbocycles. The van der Waals surface area contributed by atoms with Crippen LogP contribution in [0.25, 0.3) is 0 Å². The molecule has 0 aromatic carbocycles. The normalized spacial score (nSPS) is 30.1. The van der Waals surface area contributed by atoms with Crippen molar-refractivity contribution in [2.75, 3.05) is 0 Å². The monoisotopic (exact) mass is 224 g/mol. The van der Waals surface area contributed by atoms with Crippen molar-refractivity contribution < 1.29 is 14.7 Å². The van der Waals surface area contributed by atoms with E-state index in [-0.39, 0.29) is 24.0 Å². The molecular weight excluding hydrogens is 204 g/mol. The molecule has 90 valence electrons. The van der Waals surface area contributed by atoms with E-state index in [1.54, 1.807) is 6.08 Å². The van der Waals surface area contributed by atoms with Gasteiger partial charge in [-0.25, -0.2) is 0 Å². The quantitative estimate of drug-likeness (QED) is 0.426. The van der Waals surface area contributed by atoms with Crippen LogP contribution in [0.2, 0.25) is 0 Å². The van der Waals surface area contributed by atoms with Crippen LogP contribution in [0.4, 0.5) is 0 Å². The van der Waals surface area contributed by atoms with Crippen molar-refractivity contribution in [1.29, 1.82) is 0 Å². The predicted octanol–water partition coefficient (Wildman–Crippen LogP) is 1.89. The van der Waals surface area contributed by atoms with Crippen LogP contribution in [-0.2, 0) is 9.59 Å². The molecule has 3 unspecified atom stereocenters. The summed E-state index contributed by atoms with van der Waals surface area (Å²) in [5.41, 5.74) is 0. The van der Waals surface area contributed by atoms with Gasteiger partial charge in [0.1, 0.15) is 12.1 Å². The first kappa shape index (κ1) is 13.1. The van der Waals surface area contributed by atoms with Crippen molar-refractivity contribution in [3.8, 4) is 0 Å². The Balaban J connectivity index is 2.58. The fourth-order valence-electron chi connectivity index (χ4n) is 2.38. The Labute approximate surface area is 96.5 Å². The summed E-state index contributed by atoms with van der Waals surface area (Å²) in [5.74, 6) is -0.101. The van der Waals surface area contributed by atoms with E-state index in [9.17, 15) is 14.7 Å². The number of Topliss-reactive ketones (excluding diaryl/α,β-unsaturated/α-hetero) is 1. The van der Waals surface area contributed by atoms with E-state index in [1.165, 1.54) is 6.08 Å². The zero-order valence-corrected chi connectivity index (χ0v) is 9.76. The molecule has 3 nitrogen and oxygen atoms in total. The van der Waals surface area contributed by atoms with Gasteiger partial charge in [-0.3, -0.25) is 9.59 Å². The molecule has 16 heavy (non-hydrogen) atoms. The molecule has 0 saturated heterocycles. The number of carbonyl (C=O) groups excluding carboxylic acids is 2. The van der Waals surface area contributed by atoms with Crippen molar-refractivity contribution in [3.05, 3.63) is 12.2 Å². The molecule has 3 atom stereocenters. The molecule has 1 aliphatic rings. The lowest BCUT2D eigenvalue weighted by atomic mass is 9.89. The van der Waals surface area contributed by atoms with Gasteiger partial charge in [0.25, 0.3) is 0 Å². The smallest absolute Gasteiger partial charge is 0.142 e. The lowest BCUT2D eigenvalue weighted by Gasteiger charge is -2.16. The fourth-order valence-corrected chi connectivity index (χ4v) is 2.38. The van der Waals surface area contributed by atoms with Crippen molar-refractivity contribution >= 4 is 12.1 Å². The first-order valence-electron chi connectivity index (χ1n) is 6.03. The Morgan fingerprint density at radius 1 is 1.44 bits per heavy atom. The number of ketones is 1. The predicted molar refractivity (Wildman–Crippen MR) is 62.0 cm³/mol. The maximum atomic E-state index is 11.7. The minimum atomic E-state index is -0.602. The number of aliphatic hydroxyl groups is 1. The number of aliphatic hydroxyl groups excluding tert-OH is 1. The molecule has 1 aliphatic carbocycles. The molecular formula is C13H20O3. The van der Waals surface area contributed by atoms with Crippen LogP contribution in [0.5, 0.6) is 0 Å². The van der Waals surface area contributed by atoms with Crippen molar-refractivity contribution in [2.24, 2.45) is 11.8 Å². The maximum Gasteiger partial charge on any atom is 0.142 e. The van der Waals surface area contributed by atoms with Gasteiger partial charge in [-0.1, -0.05) is 32.3 Å². The summed E-state index contributed by atoms with van der Waals surface area (Å²) in [7, 11) is 0. The van der Waals surface area contributed by atoms with Crippen LogP contribution in [-0.4, -0.2) is 23.3 Å². The van der Waals surface area contributed by atoms with E-state index in [0.29, 0.717) is 6.29 Å². The van der Waals surface area contributed by atoms with E-state index in [4.69, 9.17) is 0 Å². The second kappa shape index (κ2) is 6.59. The Morgan fingerprint density at radius 3 is 2.81 bits per heavy atom. The highest BCUT2D eigenvalue weighted by molar-refractivity contribution is 5.84. The number of unbranched alkanes of at least 4 members (excludes halogenated alkanes) is 2. The van der Waals surface area contributed by atoms with Gasteiger partial charge in [-0.05, 0) is 12.5 Å². The summed E-state index contributed by atoms with van der Waals surface area (Å²) < 4.78 is 0. The lowest BCUT2D eigenvalue weighted by molar-refractivity contribution is -0.121. The summed E-state index contributed by atoms with van der Waals surface area (Å²) in [5, 5.41) is 9.72. The largest absolute Gasteiger partial charge is 0.392 e. The third kappa shape index (κ3) is 3.27.